The molecule has 2 aliphatic heterocycles. The van der Waals surface area contributed by atoms with Gasteiger partial charge in [-0.1, -0.05) is 18.2 Å². The van der Waals surface area contributed by atoms with Crippen LogP contribution in [0.15, 0.2) is 29.2 Å². The van der Waals surface area contributed by atoms with Gasteiger partial charge in [0.15, 0.2) is 0 Å². The monoisotopic (exact) mass is 484 g/mol. The first kappa shape index (κ1) is 24.4. The summed E-state index contributed by atoms with van der Waals surface area (Å²) in [5.74, 6) is -1.28. The van der Waals surface area contributed by atoms with Gasteiger partial charge in [-0.3, -0.25) is 24.2 Å². The molecule has 0 bridgehead atoms. The minimum Gasteiger partial charge on any atom is -0.353 e. The van der Waals surface area contributed by atoms with Crippen molar-refractivity contribution in [3.05, 3.63) is 40.6 Å². The Hall–Kier alpha value is -2.28. The molecule has 0 saturated carbocycles. The van der Waals surface area contributed by atoms with Crippen molar-refractivity contribution in [3.8, 4) is 0 Å². The van der Waals surface area contributed by atoms with Crippen LogP contribution < -0.4 is 5.32 Å². The lowest BCUT2D eigenvalue weighted by molar-refractivity contribution is -0.124. The van der Waals surface area contributed by atoms with Gasteiger partial charge in [0.25, 0.3) is 11.1 Å². The van der Waals surface area contributed by atoms with Crippen LogP contribution in [0, 0.1) is 5.82 Å². The molecular weight excluding hydrogens is 459 g/mol. The number of benzene rings is 1. The van der Waals surface area contributed by atoms with E-state index in [0.717, 1.165) is 16.7 Å². The van der Waals surface area contributed by atoms with Crippen LogP contribution in [0.1, 0.15) is 12.0 Å². The van der Waals surface area contributed by atoms with Crippen LogP contribution in [-0.4, -0.2) is 91.6 Å². The average molecular weight is 485 g/mol. The number of nitrogens with zero attached hydrogens (tertiary/aromatic N) is 3. The number of carbonyl (C=O) groups is 3. The fraction of sp³-hybridized carbons (Fsp3) is 0.450. The lowest BCUT2D eigenvalue weighted by Crippen LogP contribution is -2.42. The van der Waals surface area contributed by atoms with Crippen molar-refractivity contribution >= 4 is 44.9 Å². The van der Waals surface area contributed by atoms with Gasteiger partial charge in [-0.25, -0.2) is 17.1 Å². The summed E-state index contributed by atoms with van der Waals surface area (Å²) in [6, 6.07) is 5.96. The van der Waals surface area contributed by atoms with E-state index in [1.807, 2.05) is 4.90 Å². The second-order valence-corrected chi connectivity index (χ2v) is 10.5. The maximum Gasteiger partial charge on any atom is 0.293 e. The van der Waals surface area contributed by atoms with E-state index in [1.165, 1.54) is 34.8 Å². The number of hydrogen-bond donors (Lipinski definition) is 1. The highest BCUT2D eigenvalue weighted by Crippen LogP contribution is 2.32. The van der Waals surface area contributed by atoms with Gasteiger partial charge in [-0.05, 0) is 36.9 Å². The van der Waals surface area contributed by atoms with Crippen molar-refractivity contribution in [2.45, 2.75) is 6.42 Å². The summed E-state index contributed by atoms with van der Waals surface area (Å²) in [5.41, 5.74) is 0.221. The van der Waals surface area contributed by atoms with E-state index in [1.54, 1.807) is 6.07 Å². The SMILES string of the molecule is CS(=O)(=O)N1CCCN(CC(=O)NCCN2C(=O)S/C(=C/c3ccccc3F)C2=O)CC1. The fourth-order valence-corrected chi connectivity index (χ4v) is 5.16. The van der Waals surface area contributed by atoms with E-state index in [4.69, 9.17) is 0 Å². The van der Waals surface area contributed by atoms with Crippen LogP contribution in [0.25, 0.3) is 6.08 Å². The average Bonchev–Trinajstić information content (AvgIpc) is 2.88. The van der Waals surface area contributed by atoms with Crippen LogP contribution in [0.5, 0.6) is 0 Å². The predicted molar refractivity (Wildman–Crippen MR) is 120 cm³/mol. The summed E-state index contributed by atoms with van der Waals surface area (Å²) in [4.78, 5) is 39.9. The van der Waals surface area contributed by atoms with Crippen molar-refractivity contribution in [2.75, 3.05) is 52.1 Å². The third kappa shape index (κ3) is 6.37. The first-order valence-electron chi connectivity index (χ1n) is 10.1. The summed E-state index contributed by atoms with van der Waals surface area (Å²) in [6.07, 6.45) is 3.15. The summed E-state index contributed by atoms with van der Waals surface area (Å²) in [5, 5.41) is 2.21. The van der Waals surface area contributed by atoms with E-state index in [-0.39, 0.29) is 36.0 Å². The highest BCUT2D eigenvalue weighted by atomic mass is 32.2. The van der Waals surface area contributed by atoms with Gasteiger partial charge in [-0.15, -0.1) is 0 Å². The Morgan fingerprint density at radius 2 is 1.94 bits per heavy atom. The van der Waals surface area contributed by atoms with Gasteiger partial charge in [0, 0.05) is 38.3 Å². The molecule has 0 unspecified atom stereocenters. The van der Waals surface area contributed by atoms with Gasteiger partial charge in [-0.2, -0.15) is 0 Å². The van der Waals surface area contributed by atoms with Crippen LogP contribution in [0.2, 0.25) is 0 Å². The van der Waals surface area contributed by atoms with E-state index in [2.05, 4.69) is 5.32 Å². The van der Waals surface area contributed by atoms with E-state index in [9.17, 15) is 27.2 Å². The molecule has 0 aliphatic carbocycles. The minimum atomic E-state index is -3.25. The molecule has 9 nitrogen and oxygen atoms in total. The molecule has 2 heterocycles. The molecule has 174 valence electrons. The number of sulfonamides is 1. The number of nitrogens with one attached hydrogen (secondary N) is 1. The number of imide groups is 1. The molecule has 0 aromatic heterocycles. The van der Waals surface area contributed by atoms with Crippen molar-refractivity contribution in [2.24, 2.45) is 0 Å². The van der Waals surface area contributed by atoms with Crippen molar-refractivity contribution in [3.63, 3.8) is 0 Å². The van der Waals surface area contributed by atoms with Crippen LogP contribution >= 0.6 is 11.8 Å². The second-order valence-electron chi connectivity index (χ2n) is 7.50. The molecule has 1 N–H and O–H groups in total. The number of thioether (sulfide) groups is 1. The molecule has 0 spiro atoms. The largest absolute Gasteiger partial charge is 0.353 e. The number of amides is 3. The third-order valence-corrected chi connectivity index (χ3v) is 7.32. The van der Waals surface area contributed by atoms with E-state index in [0.29, 0.717) is 32.6 Å². The number of halogens is 1. The predicted octanol–water partition coefficient (Wildman–Crippen LogP) is 0.946. The second kappa shape index (κ2) is 10.6. The summed E-state index contributed by atoms with van der Waals surface area (Å²) < 4.78 is 38.6. The van der Waals surface area contributed by atoms with Gasteiger partial charge >= 0.3 is 0 Å². The van der Waals surface area contributed by atoms with Gasteiger partial charge in [0.1, 0.15) is 5.82 Å². The van der Waals surface area contributed by atoms with Crippen LogP contribution in [-0.2, 0) is 19.6 Å². The molecule has 2 saturated heterocycles. The first-order chi connectivity index (χ1) is 15.1. The van der Waals surface area contributed by atoms with Crippen molar-refractivity contribution < 1.29 is 27.2 Å². The zero-order chi connectivity index (χ0) is 23.3. The highest BCUT2D eigenvalue weighted by molar-refractivity contribution is 8.18. The molecule has 2 aliphatic rings. The normalized spacial score (nSPS) is 20.1. The van der Waals surface area contributed by atoms with E-state index < -0.39 is 27.0 Å². The number of hydrogen-bond acceptors (Lipinski definition) is 7. The Morgan fingerprint density at radius 1 is 1.19 bits per heavy atom. The number of carbonyl (C=O) groups excluding carboxylic acids is 3. The summed E-state index contributed by atoms with van der Waals surface area (Å²) >= 11 is 0.734. The molecular formula is C20H25FN4O5S2. The Morgan fingerprint density at radius 3 is 2.66 bits per heavy atom. The van der Waals surface area contributed by atoms with E-state index >= 15 is 0 Å². The van der Waals surface area contributed by atoms with Crippen LogP contribution in [0.4, 0.5) is 9.18 Å². The minimum absolute atomic E-state index is 0.00682. The molecule has 3 amide bonds. The third-order valence-electron chi connectivity index (χ3n) is 5.11. The molecule has 2 fully saturated rings. The topological polar surface area (TPSA) is 107 Å². The smallest absolute Gasteiger partial charge is 0.293 e. The molecule has 1 aromatic carbocycles. The highest BCUT2D eigenvalue weighted by Gasteiger charge is 2.34. The van der Waals surface area contributed by atoms with Gasteiger partial charge in [0.2, 0.25) is 15.9 Å². The van der Waals surface area contributed by atoms with Gasteiger partial charge in [0.05, 0.1) is 17.7 Å². The van der Waals surface area contributed by atoms with Crippen molar-refractivity contribution in [1.29, 1.82) is 0 Å². The van der Waals surface area contributed by atoms with Crippen LogP contribution in [0.3, 0.4) is 0 Å². The quantitative estimate of drug-likeness (QED) is 0.574. The molecule has 3 rings (SSSR count). The molecule has 1 aromatic rings. The Bertz CT molecular complexity index is 1030. The lowest BCUT2D eigenvalue weighted by Gasteiger charge is -2.20. The maximum absolute atomic E-state index is 13.8. The zero-order valence-corrected chi connectivity index (χ0v) is 19.3. The first-order valence-corrected chi connectivity index (χ1v) is 12.8. The summed E-state index contributed by atoms with van der Waals surface area (Å²) in [7, 11) is -3.25. The molecule has 12 heteroatoms. The zero-order valence-electron chi connectivity index (χ0n) is 17.6. The molecule has 32 heavy (non-hydrogen) atoms. The maximum atomic E-state index is 13.8. The Balaban J connectivity index is 1.47. The van der Waals surface area contributed by atoms with Gasteiger partial charge < -0.3 is 5.32 Å². The summed E-state index contributed by atoms with van der Waals surface area (Å²) in [6.45, 7) is 2.01. The molecule has 0 radical (unpaired) electrons. The number of rotatable bonds is 7. The van der Waals surface area contributed by atoms with Crippen molar-refractivity contribution in [1.82, 2.24) is 19.4 Å². The standard InChI is InChI=1S/C20H25FN4O5S2/c1-32(29,30)24-9-4-8-23(11-12-24)14-18(26)22-7-10-25-19(27)17(31-20(25)28)13-15-5-2-3-6-16(15)21/h2-3,5-6,13H,4,7-12,14H2,1H3,(H,22,26)/b17-13+. The Labute approximate surface area is 190 Å². The molecule has 0 atom stereocenters. The lowest BCUT2D eigenvalue weighted by atomic mass is 10.2. The Kier molecular flexibility index (Phi) is 8.04. The fourth-order valence-electron chi connectivity index (χ4n) is 3.43.